The Morgan fingerprint density at radius 1 is 1.24 bits per heavy atom. The number of amides is 1. The molecule has 2 aromatic rings. The molecule has 1 aliphatic heterocycles. The van der Waals surface area contributed by atoms with Crippen LogP contribution in [0.4, 0.5) is 17.1 Å². The number of carbonyl (C=O) groups excluding carboxylic acids is 1. The van der Waals surface area contributed by atoms with Crippen LogP contribution in [-0.4, -0.2) is 23.9 Å². The standard InChI is InChI=1S/C19H21N3O3/c1-13-5-8-18-15(10-13)4-3-9-21(18)12-19(23)20-17-11-16(22(24)25)7-6-14(17)2/h5-8,10-11H,3-4,9,12H2,1-2H3,(H,20,23). The van der Waals surface area contributed by atoms with Crippen LogP contribution in [0.3, 0.4) is 0 Å². The van der Waals surface area contributed by atoms with Crippen LogP contribution in [0, 0.1) is 24.0 Å². The number of fused-ring (bicyclic) bond motifs is 1. The number of aryl methyl sites for hydroxylation is 3. The van der Waals surface area contributed by atoms with E-state index < -0.39 is 4.92 Å². The molecule has 0 bridgehead atoms. The summed E-state index contributed by atoms with van der Waals surface area (Å²) in [6.07, 6.45) is 2.04. The van der Waals surface area contributed by atoms with Crippen LogP contribution in [0.1, 0.15) is 23.1 Å². The third kappa shape index (κ3) is 3.79. The molecule has 0 atom stereocenters. The monoisotopic (exact) mass is 339 g/mol. The number of nitrogens with zero attached hydrogens (tertiary/aromatic N) is 2. The lowest BCUT2D eigenvalue weighted by Crippen LogP contribution is -2.36. The molecule has 0 radical (unpaired) electrons. The van der Waals surface area contributed by atoms with Gasteiger partial charge in [-0.15, -0.1) is 0 Å². The van der Waals surface area contributed by atoms with E-state index in [2.05, 4.69) is 35.3 Å². The molecule has 3 rings (SSSR count). The van der Waals surface area contributed by atoms with E-state index in [1.54, 1.807) is 6.07 Å². The molecule has 25 heavy (non-hydrogen) atoms. The zero-order chi connectivity index (χ0) is 18.0. The first-order valence-corrected chi connectivity index (χ1v) is 8.33. The molecule has 1 amide bonds. The third-order valence-corrected chi connectivity index (χ3v) is 4.49. The van der Waals surface area contributed by atoms with Gasteiger partial charge in [0.25, 0.3) is 5.69 Å². The summed E-state index contributed by atoms with van der Waals surface area (Å²) in [5.41, 5.74) is 4.85. The van der Waals surface area contributed by atoms with E-state index in [-0.39, 0.29) is 18.1 Å². The minimum Gasteiger partial charge on any atom is -0.362 e. The Balaban J connectivity index is 1.74. The smallest absolute Gasteiger partial charge is 0.271 e. The van der Waals surface area contributed by atoms with Crippen molar-refractivity contribution in [2.75, 3.05) is 23.3 Å². The van der Waals surface area contributed by atoms with Gasteiger partial charge in [-0.2, -0.15) is 0 Å². The number of anilines is 2. The van der Waals surface area contributed by atoms with Crippen molar-refractivity contribution in [2.24, 2.45) is 0 Å². The first kappa shape index (κ1) is 17.0. The van der Waals surface area contributed by atoms with Gasteiger partial charge < -0.3 is 10.2 Å². The maximum absolute atomic E-state index is 12.5. The quantitative estimate of drug-likeness (QED) is 0.682. The molecular formula is C19H21N3O3. The lowest BCUT2D eigenvalue weighted by atomic mass is 9.99. The number of carbonyl (C=O) groups is 1. The second-order valence-electron chi connectivity index (χ2n) is 6.46. The fourth-order valence-corrected chi connectivity index (χ4v) is 3.19. The van der Waals surface area contributed by atoms with Crippen molar-refractivity contribution in [2.45, 2.75) is 26.7 Å². The Morgan fingerprint density at radius 2 is 2.04 bits per heavy atom. The summed E-state index contributed by atoms with van der Waals surface area (Å²) in [7, 11) is 0. The van der Waals surface area contributed by atoms with Crippen molar-refractivity contribution in [1.82, 2.24) is 0 Å². The van der Waals surface area contributed by atoms with Gasteiger partial charge in [0.05, 0.1) is 17.2 Å². The largest absolute Gasteiger partial charge is 0.362 e. The second-order valence-corrected chi connectivity index (χ2v) is 6.46. The minimum absolute atomic E-state index is 0.0281. The van der Waals surface area contributed by atoms with E-state index in [1.807, 2.05) is 6.92 Å². The fraction of sp³-hybridized carbons (Fsp3) is 0.316. The van der Waals surface area contributed by atoms with Gasteiger partial charge in [-0.1, -0.05) is 23.8 Å². The topological polar surface area (TPSA) is 75.5 Å². The molecule has 1 heterocycles. The van der Waals surface area contributed by atoms with E-state index in [1.165, 1.54) is 23.3 Å². The van der Waals surface area contributed by atoms with Crippen LogP contribution in [-0.2, 0) is 11.2 Å². The highest BCUT2D eigenvalue weighted by molar-refractivity contribution is 5.95. The molecule has 130 valence electrons. The van der Waals surface area contributed by atoms with Gasteiger partial charge in [0.2, 0.25) is 5.91 Å². The normalized spacial score (nSPS) is 13.3. The molecule has 0 aliphatic carbocycles. The first-order valence-electron chi connectivity index (χ1n) is 8.33. The average molecular weight is 339 g/mol. The molecule has 6 nitrogen and oxygen atoms in total. The van der Waals surface area contributed by atoms with E-state index in [0.29, 0.717) is 5.69 Å². The van der Waals surface area contributed by atoms with E-state index in [0.717, 1.165) is 30.6 Å². The van der Waals surface area contributed by atoms with Crippen molar-refractivity contribution < 1.29 is 9.72 Å². The van der Waals surface area contributed by atoms with Crippen LogP contribution >= 0.6 is 0 Å². The summed E-state index contributed by atoms with van der Waals surface area (Å²) in [4.78, 5) is 25.0. The summed E-state index contributed by atoms with van der Waals surface area (Å²) >= 11 is 0. The van der Waals surface area contributed by atoms with Crippen LogP contribution in [0.5, 0.6) is 0 Å². The van der Waals surface area contributed by atoms with E-state index in [4.69, 9.17) is 0 Å². The predicted molar refractivity (Wildman–Crippen MR) is 98.2 cm³/mol. The van der Waals surface area contributed by atoms with Gasteiger partial charge in [0.1, 0.15) is 0 Å². The van der Waals surface area contributed by atoms with Gasteiger partial charge in [0.15, 0.2) is 0 Å². The Morgan fingerprint density at radius 3 is 2.80 bits per heavy atom. The zero-order valence-electron chi connectivity index (χ0n) is 14.4. The fourth-order valence-electron chi connectivity index (χ4n) is 3.19. The van der Waals surface area contributed by atoms with Crippen LogP contribution in [0.25, 0.3) is 0 Å². The molecule has 0 saturated heterocycles. The molecule has 2 aromatic carbocycles. The highest BCUT2D eigenvalue weighted by Crippen LogP contribution is 2.28. The van der Waals surface area contributed by atoms with Crippen molar-refractivity contribution in [3.05, 3.63) is 63.2 Å². The number of hydrogen-bond acceptors (Lipinski definition) is 4. The number of nitro benzene ring substituents is 1. The minimum atomic E-state index is -0.460. The Kier molecular flexibility index (Phi) is 4.70. The highest BCUT2D eigenvalue weighted by atomic mass is 16.6. The SMILES string of the molecule is Cc1ccc2c(c1)CCCN2CC(=O)Nc1cc([N+](=O)[O-])ccc1C. The van der Waals surface area contributed by atoms with Crippen molar-refractivity contribution in [3.8, 4) is 0 Å². The summed E-state index contributed by atoms with van der Waals surface area (Å²) in [5.74, 6) is -0.169. The highest BCUT2D eigenvalue weighted by Gasteiger charge is 2.20. The van der Waals surface area contributed by atoms with Crippen LogP contribution in [0.2, 0.25) is 0 Å². The number of hydrogen-bond donors (Lipinski definition) is 1. The van der Waals surface area contributed by atoms with Crippen LogP contribution < -0.4 is 10.2 Å². The van der Waals surface area contributed by atoms with Crippen LogP contribution in [0.15, 0.2) is 36.4 Å². The van der Waals surface area contributed by atoms with E-state index in [9.17, 15) is 14.9 Å². The second kappa shape index (κ2) is 6.93. The summed E-state index contributed by atoms with van der Waals surface area (Å²) in [5, 5.41) is 13.7. The maximum atomic E-state index is 12.5. The number of benzene rings is 2. The molecule has 0 spiro atoms. The average Bonchev–Trinajstić information content (AvgIpc) is 2.56. The van der Waals surface area contributed by atoms with Gasteiger partial charge >= 0.3 is 0 Å². The van der Waals surface area contributed by atoms with Gasteiger partial charge in [-0.25, -0.2) is 0 Å². The van der Waals surface area contributed by atoms with Gasteiger partial charge in [-0.3, -0.25) is 14.9 Å². The Hall–Kier alpha value is -2.89. The predicted octanol–water partition coefficient (Wildman–Crippen LogP) is 3.60. The van der Waals surface area contributed by atoms with Gasteiger partial charge in [0, 0.05) is 24.4 Å². The Bertz CT molecular complexity index is 833. The summed E-state index contributed by atoms with van der Waals surface area (Å²) in [6.45, 7) is 4.95. The van der Waals surface area contributed by atoms with Crippen molar-refractivity contribution in [3.63, 3.8) is 0 Å². The number of rotatable bonds is 4. The summed E-state index contributed by atoms with van der Waals surface area (Å²) < 4.78 is 0. The number of nitrogens with one attached hydrogen (secondary N) is 1. The lowest BCUT2D eigenvalue weighted by Gasteiger charge is -2.31. The van der Waals surface area contributed by atoms with E-state index >= 15 is 0 Å². The molecule has 0 saturated carbocycles. The lowest BCUT2D eigenvalue weighted by molar-refractivity contribution is -0.384. The Labute approximate surface area is 146 Å². The first-order chi connectivity index (χ1) is 11.9. The maximum Gasteiger partial charge on any atom is 0.271 e. The van der Waals surface area contributed by atoms with Gasteiger partial charge in [-0.05, 0) is 43.9 Å². The molecule has 1 aliphatic rings. The molecule has 0 unspecified atom stereocenters. The molecular weight excluding hydrogens is 318 g/mol. The molecule has 0 fully saturated rings. The third-order valence-electron chi connectivity index (χ3n) is 4.49. The van der Waals surface area contributed by atoms with Crippen molar-refractivity contribution >= 4 is 23.0 Å². The number of nitro groups is 1. The molecule has 0 aromatic heterocycles. The zero-order valence-corrected chi connectivity index (χ0v) is 14.4. The van der Waals surface area contributed by atoms with Crippen molar-refractivity contribution in [1.29, 1.82) is 0 Å². The molecule has 1 N–H and O–H groups in total. The molecule has 6 heteroatoms. The number of non-ortho nitro benzene ring substituents is 1. The summed E-state index contributed by atoms with van der Waals surface area (Å²) in [6, 6.07) is 10.8.